The molecule has 5 heteroatoms. The number of carbonyl (C=O) groups excluding carboxylic acids is 1. The molecule has 1 aromatic carbocycles. The van der Waals surface area contributed by atoms with Gasteiger partial charge in [-0.3, -0.25) is 9.69 Å². The summed E-state index contributed by atoms with van der Waals surface area (Å²) >= 11 is 0. The molecule has 1 aromatic rings. The molecule has 0 saturated carbocycles. The molecule has 0 aliphatic carbocycles. The summed E-state index contributed by atoms with van der Waals surface area (Å²) in [5.74, 6) is 1.25. The molecular weight excluding hydrogens is 290 g/mol. The number of rotatable bonds is 6. The molecule has 0 radical (unpaired) electrons. The zero-order valence-electron chi connectivity index (χ0n) is 14.7. The van der Waals surface area contributed by atoms with E-state index < -0.39 is 0 Å². The number of hydrogen-bond donors (Lipinski definition) is 1. The van der Waals surface area contributed by atoms with E-state index in [0.717, 1.165) is 31.9 Å². The maximum Gasteiger partial charge on any atom is 0.251 e. The van der Waals surface area contributed by atoms with Gasteiger partial charge in [-0.25, -0.2) is 0 Å². The molecule has 0 bridgehead atoms. The second-order valence-electron chi connectivity index (χ2n) is 6.59. The van der Waals surface area contributed by atoms with Gasteiger partial charge < -0.3 is 15.0 Å². The Hall–Kier alpha value is -1.59. The van der Waals surface area contributed by atoms with Crippen molar-refractivity contribution < 1.29 is 9.53 Å². The zero-order valence-corrected chi connectivity index (χ0v) is 14.7. The van der Waals surface area contributed by atoms with Gasteiger partial charge in [0, 0.05) is 44.3 Å². The maximum absolute atomic E-state index is 12.3. The Morgan fingerprint density at radius 3 is 2.30 bits per heavy atom. The summed E-state index contributed by atoms with van der Waals surface area (Å²) in [5.41, 5.74) is 0.673. The standard InChI is InChI=1S/C18H29N3O2/c1-14(2)17(21-11-9-20(3)10-12-21)13-19-18(22)15-5-7-16(23-4)8-6-15/h5-8,14,17H,9-13H2,1-4H3,(H,19,22). The van der Waals surface area contributed by atoms with Crippen molar-refractivity contribution in [3.63, 3.8) is 0 Å². The Kier molecular flexibility index (Phi) is 6.42. The lowest BCUT2D eigenvalue weighted by Crippen LogP contribution is -2.54. The van der Waals surface area contributed by atoms with Crippen molar-refractivity contribution in [3.05, 3.63) is 29.8 Å². The summed E-state index contributed by atoms with van der Waals surface area (Å²) < 4.78 is 5.12. The third kappa shape index (κ3) is 4.94. The lowest BCUT2D eigenvalue weighted by molar-refractivity contribution is 0.0791. The predicted molar refractivity (Wildman–Crippen MR) is 93.0 cm³/mol. The van der Waals surface area contributed by atoms with E-state index in [2.05, 4.69) is 36.0 Å². The fourth-order valence-electron chi connectivity index (χ4n) is 2.98. The Morgan fingerprint density at radius 1 is 1.17 bits per heavy atom. The molecule has 1 heterocycles. The fourth-order valence-corrected chi connectivity index (χ4v) is 2.98. The fraction of sp³-hybridized carbons (Fsp3) is 0.611. The quantitative estimate of drug-likeness (QED) is 0.867. The molecule has 1 aliphatic rings. The minimum Gasteiger partial charge on any atom is -0.497 e. The summed E-state index contributed by atoms with van der Waals surface area (Å²) in [4.78, 5) is 17.2. The van der Waals surface area contributed by atoms with Gasteiger partial charge in [-0.2, -0.15) is 0 Å². The summed E-state index contributed by atoms with van der Waals surface area (Å²) in [6, 6.07) is 7.61. The molecule has 128 valence electrons. The molecule has 1 atom stereocenters. The number of benzene rings is 1. The third-order valence-electron chi connectivity index (χ3n) is 4.60. The van der Waals surface area contributed by atoms with Gasteiger partial charge in [-0.05, 0) is 37.2 Å². The van der Waals surface area contributed by atoms with Crippen LogP contribution in [0.4, 0.5) is 0 Å². The van der Waals surface area contributed by atoms with Crippen LogP contribution in [0.15, 0.2) is 24.3 Å². The van der Waals surface area contributed by atoms with E-state index in [1.807, 2.05) is 12.1 Å². The Labute approximate surface area is 139 Å². The van der Waals surface area contributed by atoms with Gasteiger partial charge in [0.05, 0.1) is 7.11 Å². The van der Waals surface area contributed by atoms with Crippen molar-refractivity contribution in [2.24, 2.45) is 5.92 Å². The normalized spacial score (nSPS) is 18.0. The van der Waals surface area contributed by atoms with Crippen molar-refractivity contribution in [3.8, 4) is 5.75 Å². The van der Waals surface area contributed by atoms with E-state index >= 15 is 0 Å². The first-order chi connectivity index (χ1) is 11.0. The van der Waals surface area contributed by atoms with Crippen LogP contribution in [0.5, 0.6) is 5.75 Å². The van der Waals surface area contributed by atoms with Gasteiger partial charge in [0.2, 0.25) is 0 Å². The average Bonchev–Trinajstić information content (AvgIpc) is 2.56. The number of hydrogen-bond acceptors (Lipinski definition) is 4. The van der Waals surface area contributed by atoms with E-state index in [1.54, 1.807) is 19.2 Å². The highest BCUT2D eigenvalue weighted by Gasteiger charge is 2.25. The topological polar surface area (TPSA) is 44.8 Å². The molecule has 0 aromatic heterocycles. The van der Waals surface area contributed by atoms with Gasteiger partial charge in [0.1, 0.15) is 5.75 Å². The number of piperazine rings is 1. The second kappa shape index (κ2) is 8.31. The van der Waals surface area contributed by atoms with Gasteiger partial charge in [-0.1, -0.05) is 13.8 Å². The van der Waals surface area contributed by atoms with Crippen LogP contribution in [0.1, 0.15) is 24.2 Å². The molecule has 1 fully saturated rings. The predicted octanol–water partition coefficient (Wildman–Crippen LogP) is 1.70. The highest BCUT2D eigenvalue weighted by molar-refractivity contribution is 5.94. The first-order valence-electron chi connectivity index (χ1n) is 8.36. The van der Waals surface area contributed by atoms with E-state index in [9.17, 15) is 4.79 Å². The van der Waals surface area contributed by atoms with Gasteiger partial charge >= 0.3 is 0 Å². The van der Waals surface area contributed by atoms with Gasteiger partial charge in [0.25, 0.3) is 5.91 Å². The first kappa shape index (κ1) is 17.8. The number of ether oxygens (including phenoxy) is 1. The number of nitrogens with one attached hydrogen (secondary N) is 1. The molecule has 1 amide bonds. The minimum atomic E-state index is -0.0209. The van der Waals surface area contributed by atoms with Crippen LogP contribution in [-0.2, 0) is 0 Å². The van der Waals surface area contributed by atoms with Crippen LogP contribution in [0.3, 0.4) is 0 Å². The Balaban J connectivity index is 1.91. The minimum absolute atomic E-state index is 0.0209. The van der Waals surface area contributed by atoms with E-state index in [1.165, 1.54) is 0 Å². The van der Waals surface area contributed by atoms with Crippen LogP contribution < -0.4 is 10.1 Å². The molecular formula is C18H29N3O2. The summed E-state index contributed by atoms with van der Waals surface area (Å²) in [5, 5.41) is 3.09. The zero-order chi connectivity index (χ0) is 16.8. The number of methoxy groups -OCH3 is 1. The first-order valence-corrected chi connectivity index (χ1v) is 8.36. The number of likely N-dealkylation sites (N-methyl/N-ethyl adjacent to an activating group) is 1. The van der Waals surface area contributed by atoms with Crippen molar-refractivity contribution in [2.45, 2.75) is 19.9 Å². The Morgan fingerprint density at radius 2 is 1.78 bits per heavy atom. The van der Waals surface area contributed by atoms with Crippen LogP contribution in [0.2, 0.25) is 0 Å². The average molecular weight is 319 g/mol. The summed E-state index contributed by atoms with van der Waals surface area (Å²) in [6.45, 7) is 9.46. The van der Waals surface area contributed by atoms with Crippen molar-refractivity contribution in [1.29, 1.82) is 0 Å². The van der Waals surface area contributed by atoms with Gasteiger partial charge in [0.15, 0.2) is 0 Å². The monoisotopic (exact) mass is 319 g/mol. The van der Waals surface area contributed by atoms with E-state index in [0.29, 0.717) is 24.1 Å². The molecule has 1 aliphatic heterocycles. The molecule has 1 N–H and O–H groups in total. The molecule has 23 heavy (non-hydrogen) atoms. The number of nitrogens with zero attached hydrogens (tertiary/aromatic N) is 2. The lowest BCUT2D eigenvalue weighted by atomic mass is 10.0. The summed E-state index contributed by atoms with van der Waals surface area (Å²) in [7, 11) is 3.78. The number of carbonyl (C=O) groups is 1. The number of amides is 1. The molecule has 0 spiro atoms. The van der Waals surface area contributed by atoms with Crippen LogP contribution in [0.25, 0.3) is 0 Å². The molecule has 1 unspecified atom stereocenters. The third-order valence-corrected chi connectivity index (χ3v) is 4.60. The highest BCUT2D eigenvalue weighted by Crippen LogP contribution is 2.14. The summed E-state index contributed by atoms with van der Waals surface area (Å²) in [6.07, 6.45) is 0. The van der Waals surface area contributed by atoms with Crippen molar-refractivity contribution >= 4 is 5.91 Å². The molecule has 2 rings (SSSR count). The van der Waals surface area contributed by atoms with Crippen molar-refractivity contribution in [2.75, 3.05) is 46.9 Å². The highest BCUT2D eigenvalue weighted by atomic mass is 16.5. The molecule has 5 nitrogen and oxygen atoms in total. The smallest absolute Gasteiger partial charge is 0.251 e. The maximum atomic E-state index is 12.3. The SMILES string of the molecule is COc1ccc(C(=O)NCC(C(C)C)N2CCN(C)CC2)cc1. The lowest BCUT2D eigenvalue weighted by Gasteiger charge is -2.39. The van der Waals surface area contributed by atoms with E-state index in [4.69, 9.17) is 4.74 Å². The largest absolute Gasteiger partial charge is 0.497 e. The van der Waals surface area contributed by atoms with Gasteiger partial charge in [-0.15, -0.1) is 0 Å². The van der Waals surface area contributed by atoms with Crippen LogP contribution >= 0.6 is 0 Å². The second-order valence-corrected chi connectivity index (χ2v) is 6.59. The van der Waals surface area contributed by atoms with Crippen LogP contribution in [0, 0.1) is 5.92 Å². The van der Waals surface area contributed by atoms with Crippen LogP contribution in [-0.4, -0.2) is 68.6 Å². The van der Waals surface area contributed by atoms with E-state index in [-0.39, 0.29) is 5.91 Å². The molecule has 1 saturated heterocycles. The van der Waals surface area contributed by atoms with Crippen molar-refractivity contribution in [1.82, 2.24) is 15.1 Å². The Bertz CT molecular complexity index is 493.